The maximum Gasteiger partial charge on any atom is 0.265 e. The van der Waals surface area contributed by atoms with Crippen LogP contribution in [0.2, 0.25) is 0 Å². The molecule has 0 aliphatic rings. The van der Waals surface area contributed by atoms with Gasteiger partial charge in [-0.2, -0.15) is 0 Å². The zero-order chi connectivity index (χ0) is 12.6. The van der Waals surface area contributed by atoms with Crippen LogP contribution in [0.25, 0.3) is 10.9 Å². The average Bonchev–Trinajstić information content (AvgIpc) is 2.60. The van der Waals surface area contributed by atoms with Crippen molar-refractivity contribution in [3.8, 4) is 5.75 Å². The molecule has 0 spiro atoms. The van der Waals surface area contributed by atoms with Crippen molar-refractivity contribution in [3.05, 3.63) is 29.7 Å². The minimum atomic E-state index is -0.586. The highest BCUT2D eigenvalue weighted by Gasteiger charge is 2.12. The summed E-state index contributed by atoms with van der Waals surface area (Å²) in [6.45, 7) is 3.69. The van der Waals surface area contributed by atoms with Crippen LogP contribution in [0.3, 0.4) is 0 Å². The summed E-state index contributed by atoms with van der Waals surface area (Å²) >= 11 is 0. The Balaban J connectivity index is 2.61. The molecule has 90 valence electrons. The Labute approximate surface area is 97.6 Å². The predicted molar refractivity (Wildman–Crippen MR) is 62.5 cm³/mol. The number of rotatable bonds is 3. The number of carbonyl (C=O) groups excluding carboxylic acids is 1. The van der Waals surface area contributed by atoms with Crippen molar-refractivity contribution < 1.29 is 13.9 Å². The maximum absolute atomic E-state index is 13.3. The first-order valence-corrected chi connectivity index (χ1v) is 5.26. The fraction of sp³-hybridized carbons (Fsp3) is 0.250. The van der Waals surface area contributed by atoms with Crippen molar-refractivity contribution in [2.75, 3.05) is 0 Å². The van der Waals surface area contributed by atoms with Gasteiger partial charge in [0.25, 0.3) is 5.91 Å². The van der Waals surface area contributed by atoms with Crippen LogP contribution >= 0.6 is 0 Å². The van der Waals surface area contributed by atoms with Gasteiger partial charge in [-0.25, -0.2) is 4.39 Å². The standard InChI is InChI=1S/C12H13FN2O2/c1-6(2)17-11-4-7(13)3-9-8(11)5-10(15-9)12(14)16/h3-6,15H,1-2H3,(H2,14,16). The number of ether oxygens (including phenoxy) is 1. The van der Waals surface area contributed by atoms with Gasteiger partial charge in [-0.3, -0.25) is 4.79 Å². The van der Waals surface area contributed by atoms with Gasteiger partial charge in [0, 0.05) is 11.5 Å². The Morgan fingerprint density at radius 1 is 1.41 bits per heavy atom. The molecular weight excluding hydrogens is 223 g/mol. The highest BCUT2D eigenvalue weighted by atomic mass is 19.1. The van der Waals surface area contributed by atoms with Crippen molar-refractivity contribution in [3.63, 3.8) is 0 Å². The lowest BCUT2D eigenvalue weighted by molar-refractivity contribution is 0.0996. The van der Waals surface area contributed by atoms with Gasteiger partial charge in [-0.05, 0) is 26.0 Å². The van der Waals surface area contributed by atoms with E-state index < -0.39 is 11.7 Å². The molecule has 1 aromatic carbocycles. The van der Waals surface area contributed by atoms with E-state index in [1.54, 1.807) is 6.07 Å². The summed E-state index contributed by atoms with van der Waals surface area (Å²) < 4.78 is 18.8. The summed E-state index contributed by atoms with van der Waals surface area (Å²) in [4.78, 5) is 13.8. The summed E-state index contributed by atoms with van der Waals surface area (Å²) in [6.07, 6.45) is -0.0769. The van der Waals surface area contributed by atoms with Crippen molar-refractivity contribution in [1.29, 1.82) is 0 Å². The minimum Gasteiger partial charge on any atom is -0.490 e. The van der Waals surface area contributed by atoms with E-state index in [0.29, 0.717) is 16.7 Å². The number of primary amides is 1. The third-order valence-electron chi connectivity index (χ3n) is 2.29. The largest absolute Gasteiger partial charge is 0.490 e. The Kier molecular flexibility index (Phi) is 2.75. The molecule has 1 heterocycles. The van der Waals surface area contributed by atoms with Crippen molar-refractivity contribution in [1.82, 2.24) is 4.98 Å². The number of nitrogens with two attached hydrogens (primary N) is 1. The molecule has 2 rings (SSSR count). The number of fused-ring (bicyclic) bond motifs is 1. The van der Waals surface area contributed by atoms with E-state index in [9.17, 15) is 9.18 Å². The van der Waals surface area contributed by atoms with Crippen LogP contribution < -0.4 is 10.5 Å². The molecule has 5 heteroatoms. The van der Waals surface area contributed by atoms with Crippen LogP contribution in [0.4, 0.5) is 4.39 Å². The van der Waals surface area contributed by atoms with Crippen molar-refractivity contribution in [2.24, 2.45) is 5.73 Å². The monoisotopic (exact) mass is 236 g/mol. The number of benzene rings is 1. The molecule has 0 atom stereocenters. The van der Waals surface area contributed by atoms with E-state index in [0.717, 1.165) is 0 Å². The molecule has 0 saturated carbocycles. The molecule has 0 aliphatic carbocycles. The Hall–Kier alpha value is -2.04. The summed E-state index contributed by atoms with van der Waals surface area (Å²) in [6, 6.07) is 4.16. The highest BCUT2D eigenvalue weighted by Crippen LogP contribution is 2.28. The van der Waals surface area contributed by atoms with Gasteiger partial charge in [0.15, 0.2) is 0 Å². The zero-order valence-electron chi connectivity index (χ0n) is 9.58. The summed E-state index contributed by atoms with van der Waals surface area (Å²) in [5.41, 5.74) is 5.89. The molecular formula is C12H13FN2O2. The fourth-order valence-corrected chi connectivity index (χ4v) is 1.65. The third-order valence-corrected chi connectivity index (χ3v) is 2.29. The Bertz CT molecular complexity index is 575. The van der Waals surface area contributed by atoms with E-state index in [-0.39, 0.29) is 11.8 Å². The number of carbonyl (C=O) groups is 1. The second kappa shape index (κ2) is 4.08. The molecule has 0 radical (unpaired) electrons. The normalized spacial score (nSPS) is 11.1. The molecule has 0 unspecified atom stereocenters. The van der Waals surface area contributed by atoms with Crippen LogP contribution in [-0.2, 0) is 0 Å². The molecule has 0 saturated heterocycles. The Morgan fingerprint density at radius 3 is 2.71 bits per heavy atom. The molecule has 2 aromatic rings. The van der Waals surface area contributed by atoms with Crippen molar-refractivity contribution in [2.45, 2.75) is 20.0 Å². The van der Waals surface area contributed by atoms with Crippen LogP contribution in [-0.4, -0.2) is 17.0 Å². The van der Waals surface area contributed by atoms with E-state index in [4.69, 9.17) is 10.5 Å². The van der Waals surface area contributed by atoms with E-state index in [1.807, 2.05) is 13.8 Å². The highest BCUT2D eigenvalue weighted by molar-refractivity contribution is 5.98. The minimum absolute atomic E-state index is 0.0769. The van der Waals surface area contributed by atoms with Gasteiger partial charge < -0.3 is 15.5 Å². The number of aromatic amines is 1. The summed E-state index contributed by atoms with van der Waals surface area (Å²) in [5.74, 6) is -0.609. The van der Waals surface area contributed by atoms with Gasteiger partial charge >= 0.3 is 0 Å². The number of hydrogen-bond donors (Lipinski definition) is 2. The SMILES string of the molecule is CC(C)Oc1cc(F)cc2[nH]c(C(N)=O)cc12. The summed E-state index contributed by atoms with van der Waals surface area (Å²) in [7, 11) is 0. The topological polar surface area (TPSA) is 68.1 Å². The quantitative estimate of drug-likeness (QED) is 0.857. The molecule has 4 nitrogen and oxygen atoms in total. The summed E-state index contributed by atoms with van der Waals surface area (Å²) in [5, 5.41) is 0.647. The smallest absolute Gasteiger partial charge is 0.265 e. The number of H-pyrrole nitrogens is 1. The fourth-order valence-electron chi connectivity index (χ4n) is 1.65. The molecule has 17 heavy (non-hydrogen) atoms. The van der Waals surface area contributed by atoms with Gasteiger partial charge in [0.1, 0.15) is 17.3 Å². The molecule has 0 fully saturated rings. The average molecular weight is 236 g/mol. The molecule has 0 bridgehead atoms. The molecule has 3 N–H and O–H groups in total. The van der Waals surface area contributed by atoms with Crippen LogP contribution in [0.5, 0.6) is 5.75 Å². The number of nitrogens with one attached hydrogen (secondary N) is 1. The van der Waals surface area contributed by atoms with Gasteiger partial charge in [-0.15, -0.1) is 0 Å². The van der Waals surface area contributed by atoms with E-state index in [1.165, 1.54) is 12.1 Å². The molecule has 1 aromatic heterocycles. The molecule has 1 amide bonds. The first kappa shape index (κ1) is 11.4. The Morgan fingerprint density at radius 2 is 2.12 bits per heavy atom. The van der Waals surface area contributed by atoms with Crippen LogP contribution in [0.15, 0.2) is 18.2 Å². The van der Waals surface area contributed by atoms with E-state index in [2.05, 4.69) is 4.98 Å². The molecule has 0 aliphatic heterocycles. The zero-order valence-corrected chi connectivity index (χ0v) is 9.58. The number of halogens is 1. The lowest BCUT2D eigenvalue weighted by Gasteiger charge is -2.10. The van der Waals surface area contributed by atoms with Gasteiger partial charge in [-0.1, -0.05) is 0 Å². The third kappa shape index (κ3) is 2.22. The van der Waals surface area contributed by atoms with Crippen LogP contribution in [0.1, 0.15) is 24.3 Å². The van der Waals surface area contributed by atoms with Crippen LogP contribution in [0, 0.1) is 5.82 Å². The van der Waals surface area contributed by atoms with E-state index >= 15 is 0 Å². The van der Waals surface area contributed by atoms with Gasteiger partial charge in [0.2, 0.25) is 0 Å². The first-order chi connectivity index (χ1) is 7.97. The second-order valence-electron chi connectivity index (χ2n) is 4.08. The number of hydrogen-bond acceptors (Lipinski definition) is 2. The second-order valence-corrected chi connectivity index (χ2v) is 4.08. The lowest BCUT2D eigenvalue weighted by Crippen LogP contribution is -2.10. The number of aromatic nitrogens is 1. The van der Waals surface area contributed by atoms with Gasteiger partial charge in [0.05, 0.1) is 11.6 Å². The maximum atomic E-state index is 13.3. The first-order valence-electron chi connectivity index (χ1n) is 5.26. The van der Waals surface area contributed by atoms with Crippen molar-refractivity contribution >= 4 is 16.8 Å². The number of amides is 1. The predicted octanol–water partition coefficient (Wildman–Crippen LogP) is 2.19. The lowest BCUT2D eigenvalue weighted by atomic mass is 10.2.